The maximum absolute atomic E-state index is 11.7. The second-order valence-corrected chi connectivity index (χ2v) is 6.22. The van der Waals surface area contributed by atoms with Crippen LogP contribution in [0.4, 0.5) is 0 Å². The Balaban J connectivity index is 4.40. The molecule has 0 saturated carbocycles. The lowest BCUT2D eigenvalue weighted by atomic mass is 10.0. The number of rotatable bonds is 8. The van der Waals surface area contributed by atoms with Crippen molar-refractivity contribution in [1.29, 1.82) is 0 Å². The first-order valence-corrected chi connectivity index (χ1v) is 7.51. The number of carbonyl (C=O) groups is 1. The van der Waals surface area contributed by atoms with Gasteiger partial charge in [-0.25, -0.2) is 13.1 Å². The van der Waals surface area contributed by atoms with Crippen molar-refractivity contribution in [3.8, 4) is 0 Å². The summed E-state index contributed by atoms with van der Waals surface area (Å²) >= 11 is 0. The lowest BCUT2D eigenvalue weighted by Gasteiger charge is -2.18. The molecule has 1 unspecified atom stereocenters. The first-order valence-electron chi connectivity index (χ1n) is 5.62. The van der Waals surface area contributed by atoms with Gasteiger partial charge in [-0.15, -0.1) is 0 Å². The monoisotopic (exact) mass is 266 g/mol. The number of hydrogen-bond donors (Lipinski definition) is 3. The highest BCUT2D eigenvalue weighted by molar-refractivity contribution is 7.88. The van der Waals surface area contributed by atoms with Gasteiger partial charge in [0.25, 0.3) is 0 Å². The molecule has 0 aliphatic carbocycles. The van der Waals surface area contributed by atoms with Gasteiger partial charge in [0.05, 0.1) is 6.26 Å². The van der Waals surface area contributed by atoms with Crippen LogP contribution >= 0.6 is 0 Å². The summed E-state index contributed by atoms with van der Waals surface area (Å²) < 4.78 is 24.6. The van der Waals surface area contributed by atoms with Gasteiger partial charge in [0.15, 0.2) is 0 Å². The molecule has 1 amide bonds. The molecule has 0 bridgehead atoms. The Labute approximate surface area is 103 Å². The number of hydrogen-bond acceptors (Lipinski definition) is 4. The third-order valence-electron chi connectivity index (χ3n) is 2.01. The van der Waals surface area contributed by atoms with Crippen LogP contribution in [0.25, 0.3) is 0 Å². The third-order valence-corrected chi connectivity index (χ3v) is 2.73. The summed E-state index contributed by atoms with van der Waals surface area (Å²) in [6.07, 6.45) is 1.93. The van der Waals surface area contributed by atoms with E-state index in [4.69, 9.17) is 5.11 Å². The quantitative estimate of drug-likeness (QED) is 0.514. The van der Waals surface area contributed by atoms with E-state index in [0.717, 1.165) is 6.26 Å². The van der Waals surface area contributed by atoms with Crippen LogP contribution in [0.5, 0.6) is 0 Å². The van der Waals surface area contributed by atoms with Crippen LogP contribution in [0.3, 0.4) is 0 Å². The summed E-state index contributed by atoms with van der Waals surface area (Å²) in [5.41, 5.74) is 0. The van der Waals surface area contributed by atoms with E-state index in [9.17, 15) is 13.2 Å². The predicted octanol–water partition coefficient (Wildman–Crippen LogP) is -0.551. The van der Waals surface area contributed by atoms with Crippen LogP contribution in [0.2, 0.25) is 0 Å². The zero-order valence-corrected chi connectivity index (χ0v) is 11.4. The van der Waals surface area contributed by atoms with Crippen LogP contribution in [-0.4, -0.2) is 44.9 Å². The summed E-state index contributed by atoms with van der Waals surface area (Å²) in [7, 11) is -3.40. The summed E-state index contributed by atoms with van der Waals surface area (Å²) in [6, 6.07) is -0.747. The minimum atomic E-state index is -3.40. The molecule has 102 valence electrons. The predicted molar refractivity (Wildman–Crippen MR) is 65.9 cm³/mol. The van der Waals surface area contributed by atoms with Gasteiger partial charge in [0.1, 0.15) is 6.04 Å². The summed E-state index contributed by atoms with van der Waals surface area (Å²) in [4.78, 5) is 11.7. The van der Waals surface area contributed by atoms with Crippen LogP contribution in [0.1, 0.15) is 26.7 Å². The molecule has 0 spiro atoms. The fourth-order valence-corrected chi connectivity index (χ4v) is 2.07. The SMILES string of the molecule is CC(C)CC(NS(C)(=O)=O)C(=O)NCCCO. The highest BCUT2D eigenvalue weighted by Crippen LogP contribution is 2.05. The fourth-order valence-electron chi connectivity index (χ4n) is 1.35. The van der Waals surface area contributed by atoms with Gasteiger partial charge in [-0.3, -0.25) is 4.79 Å². The van der Waals surface area contributed by atoms with Gasteiger partial charge >= 0.3 is 0 Å². The molecule has 0 aliphatic rings. The molecular formula is C10H22N2O4S. The van der Waals surface area contributed by atoms with Gasteiger partial charge in [0, 0.05) is 13.2 Å². The smallest absolute Gasteiger partial charge is 0.238 e. The minimum Gasteiger partial charge on any atom is -0.396 e. The van der Waals surface area contributed by atoms with Gasteiger partial charge in [0.2, 0.25) is 15.9 Å². The van der Waals surface area contributed by atoms with E-state index in [-0.39, 0.29) is 18.4 Å². The molecule has 0 aliphatic heterocycles. The summed E-state index contributed by atoms with van der Waals surface area (Å²) in [6.45, 7) is 4.17. The molecule has 6 nitrogen and oxygen atoms in total. The number of carbonyl (C=O) groups excluding carboxylic acids is 1. The summed E-state index contributed by atoms with van der Waals surface area (Å²) in [5, 5.41) is 11.2. The third kappa shape index (κ3) is 9.08. The van der Waals surface area contributed by atoms with Crippen LogP contribution < -0.4 is 10.0 Å². The first kappa shape index (κ1) is 16.3. The van der Waals surface area contributed by atoms with Gasteiger partial charge in [-0.2, -0.15) is 0 Å². The van der Waals surface area contributed by atoms with E-state index in [1.165, 1.54) is 0 Å². The largest absolute Gasteiger partial charge is 0.396 e. The molecule has 0 aromatic carbocycles. The van der Waals surface area contributed by atoms with Crippen molar-refractivity contribution >= 4 is 15.9 Å². The Morgan fingerprint density at radius 2 is 1.94 bits per heavy atom. The number of amides is 1. The average molecular weight is 266 g/mol. The molecule has 0 radical (unpaired) electrons. The van der Waals surface area contributed by atoms with E-state index in [0.29, 0.717) is 19.4 Å². The first-order chi connectivity index (χ1) is 7.76. The normalized spacial score (nSPS) is 13.7. The van der Waals surface area contributed by atoms with Crippen molar-refractivity contribution in [1.82, 2.24) is 10.0 Å². The molecule has 0 fully saturated rings. The Bertz CT molecular complexity index is 327. The lowest BCUT2D eigenvalue weighted by Crippen LogP contribution is -2.47. The topological polar surface area (TPSA) is 95.5 Å². The van der Waals surface area contributed by atoms with E-state index < -0.39 is 16.1 Å². The molecule has 3 N–H and O–H groups in total. The second kappa shape index (κ2) is 7.62. The molecule has 0 aromatic heterocycles. The molecule has 0 saturated heterocycles. The second-order valence-electron chi connectivity index (χ2n) is 4.44. The zero-order valence-electron chi connectivity index (χ0n) is 10.6. The molecule has 0 heterocycles. The minimum absolute atomic E-state index is 0.00533. The maximum Gasteiger partial charge on any atom is 0.238 e. The van der Waals surface area contributed by atoms with Crippen molar-refractivity contribution in [3.63, 3.8) is 0 Å². The van der Waals surface area contributed by atoms with Crippen LogP contribution in [-0.2, 0) is 14.8 Å². The Hall–Kier alpha value is -0.660. The molecule has 0 rings (SSSR count). The molecular weight excluding hydrogens is 244 g/mol. The van der Waals surface area contributed by atoms with Gasteiger partial charge in [-0.05, 0) is 18.8 Å². The van der Waals surface area contributed by atoms with Gasteiger partial charge in [-0.1, -0.05) is 13.8 Å². The van der Waals surface area contributed by atoms with E-state index in [1.807, 2.05) is 13.8 Å². The van der Waals surface area contributed by atoms with Crippen molar-refractivity contribution in [2.75, 3.05) is 19.4 Å². The van der Waals surface area contributed by atoms with Crippen molar-refractivity contribution in [2.24, 2.45) is 5.92 Å². The van der Waals surface area contributed by atoms with Gasteiger partial charge < -0.3 is 10.4 Å². The summed E-state index contributed by atoms with van der Waals surface area (Å²) in [5.74, 6) is -0.143. The molecule has 0 aromatic rings. The lowest BCUT2D eigenvalue weighted by molar-refractivity contribution is -0.123. The Morgan fingerprint density at radius 3 is 2.35 bits per heavy atom. The van der Waals surface area contributed by atoms with Crippen LogP contribution in [0.15, 0.2) is 0 Å². The van der Waals surface area contributed by atoms with E-state index in [2.05, 4.69) is 10.0 Å². The van der Waals surface area contributed by atoms with E-state index >= 15 is 0 Å². The highest BCUT2D eigenvalue weighted by atomic mass is 32.2. The Kier molecular flexibility index (Phi) is 7.33. The maximum atomic E-state index is 11.7. The number of nitrogens with one attached hydrogen (secondary N) is 2. The van der Waals surface area contributed by atoms with Crippen molar-refractivity contribution in [2.45, 2.75) is 32.7 Å². The zero-order chi connectivity index (χ0) is 13.5. The molecule has 7 heteroatoms. The van der Waals surface area contributed by atoms with Crippen molar-refractivity contribution in [3.05, 3.63) is 0 Å². The average Bonchev–Trinajstić information content (AvgIpc) is 2.14. The highest BCUT2D eigenvalue weighted by Gasteiger charge is 2.22. The number of sulfonamides is 1. The number of aliphatic hydroxyl groups excluding tert-OH is 1. The fraction of sp³-hybridized carbons (Fsp3) is 0.900. The van der Waals surface area contributed by atoms with E-state index in [1.54, 1.807) is 0 Å². The number of aliphatic hydroxyl groups is 1. The van der Waals surface area contributed by atoms with Crippen molar-refractivity contribution < 1.29 is 18.3 Å². The molecule has 17 heavy (non-hydrogen) atoms. The standard InChI is InChI=1S/C10H22N2O4S/c1-8(2)7-9(12-17(3,15)16)10(14)11-5-4-6-13/h8-9,12-13H,4-7H2,1-3H3,(H,11,14). The Morgan fingerprint density at radius 1 is 1.35 bits per heavy atom. The van der Waals surface area contributed by atoms with Crippen LogP contribution in [0, 0.1) is 5.92 Å². The molecule has 1 atom stereocenters.